The van der Waals surface area contributed by atoms with Gasteiger partial charge in [-0.05, 0) is 36.8 Å². The summed E-state index contributed by atoms with van der Waals surface area (Å²) >= 11 is 13.7. The Morgan fingerprint density at radius 2 is 1.68 bits per heavy atom. The number of aromatic nitrogens is 2. The van der Waals surface area contributed by atoms with Gasteiger partial charge in [-0.15, -0.1) is 10.2 Å². The van der Waals surface area contributed by atoms with Crippen LogP contribution >= 0.6 is 35.0 Å². The molecule has 1 aromatic heterocycles. The van der Waals surface area contributed by atoms with Crippen molar-refractivity contribution in [3.63, 3.8) is 0 Å². The Bertz CT molecular complexity index is 767. The van der Waals surface area contributed by atoms with Crippen LogP contribution in [0.15, 0.2) is 52.1 Å². The van der Waals surface area contributed by atoms with E-state index < -0.39 is 0 Å². The van der Waals surface area contributed by atoms with Gasteiger partial charge in [0.25, 0.3) is 5.22 Å². The van der Waals surface area contributed by atoms with Crippen molar-refractivity contribution in [2.24, 2.45) is 0 Å². The third kappa shape index (κ3) is 3.46. The lowest BCUT2D eigenvalue weighted by atomic mass is 10.1. The summed E-state index contributed by atoms with van der Waals surface area (Å²) in [4.78, 5) is 0. The first-order valence-corrected chi connectivity index (χ1v) is 8.34. The van der Waals surface area contributed by atoms with Crippen LogP contribution in [0.2, 0.25) is 10.0 Å². The SMILES string of the molecule is Cc1ccc(-c2nnc(SCc3c(Cl)cccc3Cl)o2)cc1. The van der Waals surface area contributed by atoms with E-state index >= 15 is 0 Å². The molecule has 0 fully saturated rings. The summed E-state index contributed by atoms with van der Waals surface area (Å²) in [5.74, 6) is 1.08. The molecule has 0 atom stereocenters. The van der Waals surface area contributed by atoms with Gasteiger partial charge in [-0.2, -0.15) is 0 Å². The number of rotatable bonds is 4. The van der Waals surface area contributed by atoms with Crippen molar-refractivity contribution in [1.29, 1.82) is 0 Å². The lowest BCUT2D eigenvalue weighted by Crippen LogP contribution is -1.84. The first kappa shape index (κ1) is 15.4. The molecule has 0 saturated heterocycles. The van der Waals surface area contributed by atoms with E-state index in [-0.39, 0.29) is 0 Å². The number of benzene rings is 2. The first-order chi connectivity index (χ1) is 10.6. The number of aryl methyl sites for hydroxylation is 1. The number of halogens is 2. The minimum absolute atomic E-state index is 0.492. The fourth-order valence-electron chi connectivity index (χ4n) is 1.89. The Morgan fingerprint density at radius 3 is 2.36 bits per heavy atom. The second-order valence-electron chi connectivity index (χ2n) is 4.73. The Kier molecular flexibility index (Phi) is 4.71. The predicted molar refractivity (Wildman–Crippen MR) is 90.5 cm³/mol. The maximum atomic E-state index is 6.15. The van der Waals surface area contributed by atoms with Crippen LogP contribution in [0.3, 0.4) is 0 Å². The summed E-state index contributed by atoms with van der Waals surface area (Å²) in [5.41, 5.74) is 2.96. The van der Waals surface area contributed by atoms with Crippen LogP contribution in [0, 0.1) is 6.92 Å². The molecule has 0 aliphatic heterocycles. The van der Waals surface area contributed by atoms with Crippen molar-refractivity contribution in [2.45, 2.75) is 17.9 Å². The number of thioether (sulfide) groups is 1. The van der Waals surface area contributed by atoms with Crippen molar-refractivity contribution in [3.8, 4) is 11.5 Å². The largest absolute Gasteiger partial charge is 0.411 e. The van der Waals surface area contributed by atoms with E-state index in [0.29, 0.717) is 26.9 Å². The fourth-order valence-corrected chi connectivity index (χ4v) is 3.39. The van der Waals surface area contributed by atoms with Crippen molar-refractivity contribution >= 4 is 35.0 Å². The number of hydrogen-bond donors (Lipinski definition) is 0. The van der Waals surface area contributed by atoms with Crippen LogP contribution in [-0.2, 0) is 5.75 Å². The van der Waals surface area contributed by atoms with Crippen molar-refractivity contribution in [2.75, 3.05) is 0 Å². The molecule has 3 rings (SSSR count). The highest BCUT2D eigenvalue weighted by Gasteiger charge is 2.11. The molecule has 1 heterocycles. The molecule has 0 radical (unpaired) electrons. The second kappa shape index (κ2) is 6.73. The lowest BCUT2D eigenvalue weighted by molar-refractivity contribution is 0.466. The second-order valence-corrected chi connectivity index (χ2v) is 6.47. The maximum Gasteiger partial charge on any atom is 0.277 e. The zero-order chi connectivity index (χ0) is 15.5. The summed E-state index contributed by atoms with van der Waals surface area (Å²) in [6.07, 6.45) is 0. The molecule has 0 N–H and O–H groups in total. The molecular formula is C16H12Cl2N2OS. The van der Waals surface area contributed by atoms with E-state index in [2.05, 4.69) is 10.2 Å². The maximum absolute atomic E-state index is 6.15. The monoisotopic (exact) mass is 350 g/mol. The predicted octanol–water partition coefficient (Wildman–Crippen LogP) is 5.64. The Morgan fingerprint density at radius 1 is 1.00 bits per heavy atom. The van der Waals surface area contributed by atoms with Crippen molar-refractivity contribution in [1.82, 2.24) is 10.2 Å². The summed E-state index contributed by atoms with van der Waals surface area (Å²) < 4.78 is 5.67. The molecule has 0 amide bonds. The molecule has 0 aliphatic rings. The van der Waals surface area contributed by atoms with Gasteiger partial charge in [-0.3, -0.25) is 0 Å². The average Bonchev–Trinajstić information content (AvgIpc) is 2.96. The van der Waals surface area contributed by atoms with Crippen molar-refractivity contribution < 1.29 is 4.42 Å². The standard InChI is InChI=1S/C16H12Cl2N2OS/c1-10-5-7-11(8-6-10)15-19-20-16(21-15)22-9-12-13(17)3-2-4-14(12)18/h2-8H,9H2,1H3. The van der Waals surface area contributed by atoms with E-state index in [1.807, 2.05) is 49.4 Å². The molecule has 2 aromatic carbocycles. The third-order valence-electron chi connectivity index (χ3n) is 3.11. The van der Waals surface area contributed by atoms with Crippen molar-refractivity contribution in [3.05, 3.63) is 63.6 Å². The fraction of sp³-hybridized carbons (Fsp3) is 0.125. The molecular weight excluding hydrogens is 339 g/mol. The van der Waals surface area contributed by atoms with Crippen LogP contribution in [0.4, 0.5) is 0 Å². The van der Waals surface area contributed by atoms with Crippen LogP contribution in [0.25, 0.3) is 11.5 Å². The number of hydrogen-bond acceptors (Lipinski definition) is 4. The van der Waals surface area contributed by atoms with Gasteiger partial charge in [0.1, 0.15) is 0 Å². The molecule has 22 heavy (non-hydrogen) atoms. The quantitative estimate of drug-likeness (QED) is 0.570. The molecule has 112 valence electrons. The molecule has 0 unspecified atom stereocenters. The summed E-state index contributed by atoms with van der Waals surface area (Å²) in [6.45, 7) is 2.03. The lowest BCUT2D eigenvalue weighted by Gasteiger charge is -2.04. The van der Waals surface area contributed by atoms with Gasteiger partial charge in [0.2, 0.25) is 5.89 Å². The summed E-state index contributed by atoms with van der Waals surface area (Å²) in [6, 6.07) is 13.4. The Balaban J connectivity index is 1.73. The third-order valence-corrected chi connectivity index (χ3v) is 4.66. The van der Waals surface area contributed by atoms with Crippen LogP contribution in [0.5, 0.6) is 0 Å². The van der Waals surface area contributed by atoms with E-state index in [9.17, 15) is 0 Å². The van der Waals surface area contributed by atoms with Crippen LogP contribution in [-0.4, -0.2) is 10.2 Å². The molecule has 6 heteroatoms. The van der Waals surface area contributed by atoms with E-state index in [0.717, 1.165) is 11.1 Å². The highest BCUT2D eigenvalue weighted by molar-refractivity contribution is 7.98. The molecule has 3 nitrogen and oxygen atoms in total. The van der Waals surface area contributed by atoms with E-state index in [1.165, 1.54) is 17.3 Å². The Hall–Kier alpha value is -1.49. The molecule has 0 saturated carbocycles. The molecule has 3 aromatic rings. The number of nitrogens with zero attached hydrogens (tertiary/aromatic N) is 2. The normalized spacial score (nSPS) is 10.9. The zero-order valence-corrected chi connectivity index (χ0v) is 14.0. The zero-order valence-electron chi connectivity index (χ0n) is 11.7. The first-order valence-electron chi connectivity index (χ1n) is 6.60. The van der Waals surface area contributed by atoms with Crippen LogP contribution < -0.4 is 0 Å². The average molecular weight is 351 g/mol. The van der Waals surface area contributed by atoms with Gasteiger partial charge in [0.15, 0.2) is 0 Å². The van der Waals surface area contributed by atoms with Gasteiger partial charge < -0.3 is 4.42 Å². The summed E-state index contributed by atoms with van der Waals surface area (Å²) in [7, 11) is 0. The van der Waals surface area contributed by atoms with Gasteiger partial charge in [-0.1, -0.05) is 58.7 Å². The highest BCUT2D eigenvalue weighted by Crippen LogP contribution is 2.32. The van der Waals surface area contributed by atoms with Gasteiger partial charge >= 0.3 is 0 Å². The smallest absolute Gasteiger partial charge is 0.277 e. The van der Waals surface area contributed by atoms with E-state index in [1.54, 1.807) is 0 Å². The molecule has 0 spiro atoms. The summed E-state index contributed by atoms with van der Waals surface area (Å²) in [5, 5.41) is 9.89. The highest BCUT2D eigenvalue weighted by atomic mass is 35.5. The minimum Gasteiger partial charge on any atom is -0.411 e. The van der Waals surface area contributed by atoms with Gasteiger partial charge in [-0.25, -0.2) is 0 Å². The molecule has 0 bridgehead atoms. The van der Waals surface area contributed by atoms with Crippen LogP contribution in [0.1, 0.15) is 11.1 Å². The topological polar surface area (TPSA) is 38.9 Å². The molecule has 0 aliphatic carbocycles. The van der Waals surface area contributed by atoms with Gasteiger partial charge in [0, 0.05) is 21.4 Å². The van der Waals surface area contributed by atoms with Gasteiger partial charge in [0.05, 0.1) is 0 Å². The van der Waals surface area contributed by atoms with E-state index in [4.69, 9.17) is 27.6 Å². The minimum atomic E-state index is 0.492. The Labute approximate surface area is 142 Å².